The van der Waals surface area contributed by atoms with Gasteiger partial charge < -0.3 is 5.73 Å². The Kier molecular flexibility index (Phi) is 3.73. The normalized spacial score (nSPS) is 22.2. The fraction of sp³-hybridized carbons (Fsp3) is 0.909. The van der Waals surface area contributed by atoms with Crippen LogP contribution in [-0.2, 0) is 6.42 Å². The molecule has 17 heavy (non-hydrogen) atoms. The molecular weight excluding hydrogens is 216 g/mol. The Morgan fingerprint density at radius 3 is 3.00 bits per heavy atom. The summed E-state index contributed by atoms with van der Waals surface area (Å²) in [5.41, 5.74) is 5.94. The first kappa shape index (κ1) is 12.4. The minimum Gasteiger partial charge on any atom is -0.326 e. The van der Waals surface area contributed by atoms with Crippen molar-refractivity contribution in [3.05, 3.63) is 5.82 Å². The third-order valence-corrected chi connectivity index (χ3v) is 3.35. The van der Waals surface area contributed by atoms with Crippen LogP contribution in [0.25, 0.3) is 0 Å². The van der Waals surface area contributed by atoms with Crippen molar-refractivity contribution in [1.29, 1.82) is 0 Å². The van der Waals surface area contributed by atoms with Gasteiger partial charge in [0.1, 0.15) is 0 Å². The smallest absolute Gasteiger partial charge is 0.176 e. The van der Waals surface area contributed by atoms with E-state index in [1.165, 1.54) is 19.4 Å². The standard InChI is InChI=1S/C11H22N6/c1-11(2,12)5-7-17-6-3-4-9(17)8-10-13-15-16-14-10/h9H,3-8,12H2,1-2H3,(H,13,14,15,16). The van der Waals surface area contributed by atoms with Gasteiger partial charge in [-0.15, -0.1) is 10.2 Å². The van der Waals surface area contributed by atoms with Gasteiger partial charge in [0.05, 0.1) is 0 Å². The molecule has 2 rings (SSSR count). The Balaban J connectivity index is 1.85. The van der Waals surface area contributed by atoms with Gasteiger partial charge in [-0.1, -0.05) is 5.21 Å². The summed E-state index contributed by atoms with van der Waals surface area (Å²) in [6.45, 7) is 6.39. The van der Waals surface area contributed by atoms with E-state index in [1.807, 2.05) is 0 Å². The van der Waals surface area contributed by atoms with Crippen LogP contribution in [0.4, 0.5) is 0 Å². The van der Waals surface area contributed by atoms with E-state index < -0.39 is 0 Å². The second kappa shape index (κ2) is 5.10. The minimum absolute atomic E-state index is 0.0840. The van der Waals surface area contributed by atoms with Crippen LogP contribution in [0, 0.1) is 0 Å². The highest BCUT2D eigenvalue weighted by Gasteiger charge is 2.26. The molecule has 1 aliphatic rings. The highest BCUT2D eigenvalue weighted by Crippen LogP contribution is 2.21. The highest BCUT2D eigenvalue weighted by atomic mass is 15.5. The van der Waals surface area contributed by atoms with E-state index in [0.717, 1.165) is 25.2 Å². The maximum absolute atomic E-state index is 6.03. The summed E-state index contributed by atoms with van der Waals surface area (Å²) in [6.07, 6.45) is 4.39. The molecule has 0 aromatic carbocycles. The van der Waals surface area contributed by atoms with Gasteiger partial charge in [-0.25, -0.2) is 0 Å². The lowest BCUT2D eigenvalue weighted by molar-refractivity contribution is 0.228. The summed E-state index contributed by atoms with van der Waals surface area (Å²) in [7, 11) is 0. The average Bonchev–Trinajstić information content (AvgIpc) is 2.86. The molecule has 0 aliphatic carbocycles. The summed E-state index contributed by atoms with van der Waals surface area (Å²) >= 11 is 0. The maximum atomic E-state index is 6.03. The number of tetrazole rings is 1. The van der Waals surface area contributed by atoms with Gasteiger partial charge in [0.25, 0.3) is 0 Å². The van der Waals surface area contributed by atoms with Crippen molar-refractivity contribution in [2.24, 2.45) is 5.73 Å². The SMILES string of the molecule is CC(C)(N)CCN1CCCC1Cc1nn[nH]n1. The topological polar surface area (TPSA) is 83.7 Å². The molecule has 0 amide bonds. The van der Waals surface area contributed by atoms with Crippen molar-refractivity contribution >= 4 is 0 Å². The van der Waals surface area contributed by atoms with Gasteiger partial charge in [-0.3, -0.25) is 4.90 Å². The van der Waals surface area contributed by atoms with Gasteiger partial charge in [0, 0.05) is 24.5 Å². The molecule has 96 valence electrons. The lowest BCUT2D eigenvalue weighted by atomic mass is 10.0. The van der Waals surface area contributed by atoms with Crippen LogP contribution in [0.15, 0.2) is 0 Å². The molecule has 3 N–H and O–H groups in total. The lowest BCUT2D eigenvalue weighted by Gasteiger charge is -2.27. The summed E-state index contributed by atoms with van der Waals surface area (Å²) in [6, 6.07) is 0.551. The van der Waals surface area contributed by atoms with Crippen LogP contribution in [0.1, 0.15) is 38.9 Å². The molecule has 6 heteroatoms. The first-order valence-corrected chi connectivity index (χ1v) is 6.30. The predicted octanol–water partition coefficient (Wildman–Crippen LogP) is 0.334. The average molecular weight is 238 g/mol. The molecule has 1 aliphatic heterocycles. The Labute approximate surface area is 102 Å². The molecule has 1 fully saturated rings. The number of nitrogens with zero attached hydrogens (tertiary/aromatic N) is 4. The second-order valence-electron chi connectivity index (χ2n) is 5.60. The van der Waals surface area contributed by atoms with Gasteiger partial charge in [-0.05, 0) is 39.7 Å². The molecule has 1 atom stereocenters. The van der Waals surface area contributed by atoms with E-state index in [9.17, 15) is 0 Å². The molecule has 0 saturated carbocycles. The van der Waals surface area contributed by atoms with Gasteiger partial charge in [0.15, 0.2) is 5.82 Å². The molecule has 1 saturated heterocycles. The number of aromatic nitrogens is 4. The number of nitrogens with two attached hydrogens (primary N) is 1. The summed E-state index contributed by atoms with van der Waals surface area (Å²) in [4.78, 5) is 2.50. The van der Waals surface area contributed by atoms with Crippen LogP contribution in [-0.4, -0.2) is 50.2 Å². The van der Waals surface area contributed by atoms with E-state index in [0.29, 0.717) is 6.04 Å². The first-order valence-electron chi connectivity index (χ1n) is 6.30. The molecule has 0 spiro atoms. The van der Waals surface area contributed by atoms with Crippen molar-refractivity contribution in [2.75, 3.05) is 13.1 Å². The summed E-state index contributed by atoms with van der Waals surface area (Å²) < 4.78 is 0. The predicted molar refractivity (Wildman–Crippen MR) is 65.4 cm³/mol. The zero-order valence-electron chi connectivity index (χ0n) is 10.7. The first-order chi connectivity index (χ1) is 8.04. The molecular formula is C11H22N6. The highest BCUT2D eigenvalue weighted by molar-refractivity contribution is 4.90. The number of likely N-dealkylation sites (tertiary alicyclic amines) is 1. The summed E-state index contributed by atoms with van der Waals surface area (Å²) in [5, 5.41) is 14.2. The van der Waals surface area contributed by atoms with Crippen LogP contribution in [0.3, 0.4) is 0 Å². The number of nitrogens with one attached hydrogen (secondary N) is 1. The van der Waals surface area contributed by atoms with Crippen molar-refractivity contribution in [3.8, 4) is 0 Å². The largest absolute Gasteiger partial charge is 0.326 e. The number of rotatable bonds is 5. The molecule has 1 unspecified atom stereocenters. The van der Waals surface area contributed by atoms with Crippen molar-refractivity contribution in [2.45, 2.75) is 51.1 Å². The third-order valence-electron chi connectivity index (χ3n) is 3.35. The maximum Gasteiger partial charge on any atom is 0.176 e. The molecule has 6 nitrogen and oxygen atoms in total. The second-order valence-corrected chi connectivity index (χ2v) is 5.60. The monoisotopic (exact) mass is 238 g/mol. The fourth-order valence-corrected chi connectivity index (χ4v) is 2.33. The molecule has 1 aromatic heterocycles. The number of hydrogen-bond donors (Lipinski definition) is 2. The quantitative estimate of drug-likeness (QED) is 0.772. The minimum atomic E-state index is -0.0840. The summed E-state index contributed by atoms with van der Waals surface area (Å²) in [5.74, 6) is 0.814. The van der Waals surface area contributed by atoms with Crippen LogP contribution in [0.5, 0.6) is 0 Å². The van der Waals surface area contributed by atoms with Crippen LogP contribution >= 0.6 is 0 Å². The van der Waals surface area contributed by atoms with Gasteiger partial charge >= 0.3 is 0 Å². The van der Waals surface area contributed by atoms with Gasteiger partial charge in [0.2, 0.25) is 0 Å². The van der Waals surface area contributed by atoms with E-state index in [-0.39, 0.29) is 5.54 Å². The molecule has 2 heterocycles. The van der Waals surface area contributed by atoms with Gasteiger partial charge in [-0.2, -0.15) is 5.21 Å². The van der Waals surface area contributed by atoms with E-state index >= 15 is 0 Å². The Hall–Kier alpha value is -1.01. The number of hydrogen-bond acceptors (Lipinski definition) is 5. The Bertz CT molecular complexity index is 328. The van der Waals surface area contributed by atoms with Crippen LogP contribution in [0.2, 0.25) is 0 Å². The van der Waals surface area contributed by atoms with Crippen LogP contribution < -0.4 is 5.73 Å². The van der Waals surface area contributed by atoms with E-state index in [2.05, 4.69) is 39.4 Å². The fourth-order valence-electron chi connectivity index (χ4n) is 2.33. The molecule has 0 radical (unpaired) electrons. The molecule has 1 aromatic rings. The number of aromatic amines is 1. The zero-order valence-corrected chi connectivity index (χ0v) is 10.7. The Morgan fingerprint density at radius 1 is 1.53 bits per heavy atom. The van der Waals surface area contributed by atoms with Crippen molar-refractivity contribution in [3.63, 3.8) is 0 Å². The lowest BCUT2D eigenvalue weighted by Crippen LogP contribution is -2.39. The van der Waals surface area contributed by atoms with E-state index in [1.54, 1.807) is 0 Å². The van der Waals surface area contributed by atoms with Crippen molar-refractivity contribution < 1.29 is 0 Å². The van der Waals surface area contributed by atoms with Crippen molar-refractivity contribution in [1.82, 2.24) is 25.5 Å². The third kappa shape index (κ3) is 3.74. The molecule has 0 bridgehead atoms. The van der Waals surface area contributed by atoms with E-state index in [4.69, 9.17) is 5.73 Å². The zero-order chi connectivity index (χ0) is 12.3. The Morgan fingerprint density at radius 2 is 2.35 bits per heavy atom. The number of H-pyrrole nitrogens is 1.